The van der Waals surface area contributed by atoms with Crippen LogP contribution in [0.15, 0.2) is 30.7 Å². The molecular weight excluding hydrogens is 316 g/mol. The highest BCUT2D eigenvalue weighted by molar-refractivity contribution is 5.47. The molecule has 3 heterocycles. The molecule has 0 aromatic carbocycles. The van der Waals surface area contributed by atoms with Gasteiger partial charge in [0.15, 0.2) is 0 Å². The number of ether oxygens (including phenoxy) is 1. The molecule has 1 saturated heterocycles. The predicted octanol–water partition coefficient (Wildman–Crippen LogP) is 2.02. The highest BCUT2D eigenvalue weighted by Gasteiger charge is 2.20. The van der Waals surface area contributed by atoms with Crippen molar-refractivity contribution in [3.05, 3.63) is 36.3 Å². The van der Waals surface area contributed by atoms with E-state index in [4.69, 9.17) is 4.74 Å². The molecule has 0 bridgehead atoms. The summed E-state index contributed by atoms with van der Waals surface area (Å²) in [6.07, 6.45) is 5.74. The molecular formula is C18H26N6O. The zero-order valence-electron chi connectivity index (χ0n) is 15.1. The standard InChI is InChI=1S/C18H26N6O/c1-23(2)17-10-16(20-13-21-17)22-15-5-4-8-24(12-15)11-14-6-7-19-18(9-14)25-3/h6-7,9-10,13,15H,4-5,8,11-12H2,1-3H3,(H,20,21,22). The fourth-order valence-electron chi connectivity index (χ4n) is 3.12. The van der Waals surface area contributed by atoms with Gasteiger partial charge in [-0.15, -0.1) is 0 Å². The third-order valence-electron chi connectivity index (χ3n) is 4.38. The summed E-state index contributed by atoms with van der Waals surface area (Å²) in [5.74, 6) is 2.46. The number of piperidine rings is 1. The summed E-state index contributed by atoms with van der Waals surface area (Å²) in [4.78, 5) is 17.2. The van der Waals surface area contributed by atoms with Gasteiger partial charge in [-0.1, -0.05) is 0 Å². The molecule has 0 saturated carbocycles. The van der Waals surface area contributed by atoms with Crippen LogP contribution < -0.4 is 15.0 Å². The number of aromatic nitrogens is 3. The van der Waals surface area contributed by atoms with E-state index in [1.54, 1.807) is 19.6 Å². The number of pyridine rings is 1. The lowest BCUT2D eigenvalue weighted by molar-refractivity contribution is 0.208. The first-order chi connectivity index (χ1) is 12.1. The third kappa shape index (κ3) is 4.79. The van der Waals surface area contributed by atoms with Crippen LogP contribution in [0.1, 0.15) is 18.4 Å². The molecule has 0 amide bonds. The maximum atomic E-state index is 5.21. The molecule has 2 aromatic rings. The van der Waals surface area contributed by atoms with Crippen LogP contribution in [-0.2, 0) is 6.54 Å². The number of rotatable bonds is 6. The SMILES string of the molecule is COc1cc(CN2CCCC(Nc3cc(N(C)C)ncn3)C2)ccn1. The van der Waals surface area contributed by atoms with Crippen molar-refractivity contribution < 1.29 is 4.74 Å². The van der Waals surface area contributed by atoms with Gasteiger partial charge in [0, 0.05) is 51.6 Å². The molecule has 1 unspecified atom stereocenters. The van der Waals surface area contributed by atoms with Gasteiger partial charge in [0.1, 0.15) is 18.0 Å². The van der Waals surface area contributed by atoms with E-state index in [1.165, 1.54) is 12.0 Å². The first-order valence-electron chi connectivity index (χ1n) is 8.61. The van der Waals surface area contributed by atoms with E-state index in [0.717, 1.165) is 37.7 Å². The Kier molecular flexibility index (Phi) is 5.65. The molecule has 7 heteroatoms. The van der Waals surface area contributed by atoms with Crippen molar-refractivity contribution in [2.45, 2.75) is 25.4 Å². The summed E-state index contributed by atoms with van der Waals surface area (Å²) in [5, 5.41) is 3.56. The van der Waals surface area contributed by atoms with E-state index >= 15 is 0 Å². The third-order valence-corrected chi connectivity index (χ3v) is 4.38. The van der Waals surface area contributed by atoms with Gasteiger partial charge < -0.3 is 15.0 Å². The van der Waals surface area contributed by atoms with Crippen LogP contribution in [0.3, 0.4) is 0 Å². The Hall–Kier alpha value is -2.41. The first-order valence-corrected chi connectivity index (χ1v) is 8.61. The number of likely N-dealkylation sites (tertiary alicyclic amines) is 1. The summed E-state index contributed by atoms with van der Waals surface area (Å²) in [5.41, 5.74) is 1.23. The summed E-state index contributed by atoms with van der Waals surface area (Å²) in [7, 11) is 5.62. The maximum Gasteiger partial charge on any atom is 0.213 e. The first kappa shape index (κ1) is 17.4. The average molecular weight is 342 g/mol. The molecule has 1 aliphatic heterocycles. The largest absolute Gasteiger partial charge is 0.481 e. The Morgan fingerprint density at radius 3 is 2.96 bits per heavy atom. The van der Waals surface area contributed by atoms with E-state index < -0.39 is 0 Å². The van der Waals surface area contributed by atoms with Crippen LogP contribution in [0.5, 0.6) is 5.88 Å². The normalized spacial score (nSPS) is 18.0. The number of methoxy groups -OCH3 is 1. The van der Waals surface area contributed by atoms with Crippen molar-refractivity contribution in [1.82, 2.24) is 19.9 Å². The minimum Gasteiger partial charge on any atom is -0.481 e. The van der Waals surface area contributed by atoms with Crippen LogP contribution in [-0.4, -0.2) is 60.2 Å². The highest BCUT2D eigenvalue weighted by Crippen LogP contribution is 2.19. The molecule has 0 radical (unpaired) electrons. The molecule has 1 atom stereocenters. The Morgan fingerprint density at radius 1 is 1.28 bits per heavy atom. The van der Waals surface area contributed by atoms with E-state index in [0.29, 0.717) is 11.9 Å². The van der Waals surface area contributed by atoms with Gasteiger partial charge in [0.2, 0.25) is 5.88 Å². The van der Waals surface area contributed by atoms with Crippen molar-refractivity contribution in [2.75, 3.05) is 44.5 Å². The van der Waals surface area contributed by atoms with Crippen LogP contribution in [0.4, 0.5) is 11.6 Å². The molecule has 0 spiro atoms. The van der Waals surface area contributed by atoms with Gasteiger partial charge in [-0.3, -0.25) is 4.90 Å². The molecule has 3 rings (SSSR count). The Morgan fingerprint density at radius 2 is 2.16 bits per heavy atom. The fraction of sp³-hybridized carbons (Fsp3) is 0.500. The predicted molar refractivity (Wildman–Crippen MR) is 99.1 cm³/mol. The minimum atomic E-state index is 0.391. The second kappa shape index (κ2) is 8.11. The Balaban J connectivity index is 1.60. The molecule has 1 fully saturated rings. The molecule has 2 aromatic heterocycles. The van der Waals surface area contributed by atoms with Crippen LogP contribution in [0, 0.1) is 0 Å². The quantitative estimate of drug-likeness (QED) is 0.861. The van der Waals surface area contributed by atoms with Gasteiger partial charge >= 0.3 is 0 Å². The van der Waals surface area contributed by atoms with Crippen molar-refractivity contribution in [3.63, 3.8) is 0 Å². The zero-order chi connectivity index (χ0) is 17.6. The van der Waals surface area contributed by atoms with Crippen molar-refractivity contribution in [1.29, 1.82) is 0 Å². The Labute approximate surface area is 149 Å². The van der Waals surface area contributed by atoms with Gasteiger partial charge in [0.25, 0.3) is 0 Å². The van der Waals surface area contributed by atoms with E-state index in [9.17, 15) is 0 Å². The second-order valence-electron chi connectivity index (χ2n) is 6.58. The number of hydrogen-bond acceptors (Lipinski definition) is 7. The number of nitrogens with one attached hydrogen (secondary N) is 1. The monoisotopic (exact) mass is 342 g/mol. The number of hydrogen-bond donors (Lipinski definition) is 1. The van der Waals surface area contributed by atoms with E-state index in [-0.39, 0.29) is 0 Å². The van der Waals surface area contributed by atoms with E-state index in [2.05, 4.69) is 25.2 Å². The summed E-state index contributed by atoms with van der Waals surface area (Å²) in [6, 6.07) is 6.44. The summed E-state index contributed by atoms with van der Waals surface area (Å²) >= 11 is 0. The van der Waals surface area contributed by atoms with Crippen LogP contribution in [0.2, 0.25) is 0 Å². The highest BCUT2D eigenvalue weighted by atomic mass is 16.5. The Bertz CT molecular complexity index is 693. The van der Waals surface area contributed by atoms with Crippen LogP contribution >= 0.6 is 0 Å². The summed E-state index contributed by atoms with van der Waals surface area (Å²) in [6.45, 7) is 3.01. The second-order valence-corrected chi connectivity index (χ2v) is 6.58. The number of anilines is 2. The van der Waals surface area contributed by atoms with Gasteiger partial charge in [-0.25, -0.2) is 15.0 Å². The smallest absolute Gasteiger partial charge is 0.213 e. The molecule has 134 valence electrons. The van der Waals surface area contributed by atoms with Crippen molar-refractivity contribution in [2.24, 2.45) is 0 Å². The summed E-state index contributed by atoms with van der Waals surface area (Å²) < 4.78 is 5.21. The van der Waals surface area contributed by atoms with Gasteiger partial charge in [-0.2, -0.15) is 0 Å². The minimum absolute atomic E-state index is 0.391. The topological polar surface area (TPSA) is 66.4 Å². The molecule has 0 aliphatic carbocycles. The van der Waals surface area contributed by atoms with Crippen molar-refractivity contribution in [3.8, 4) is 5.88 Å². The lowest BCUT2D eigenvalue weighted by Gasteiger charge is -2.33. The molecule has 25 heavy (non-hydrogen) atoms. The molecule has 1 N–H and O–H groups in total. The number of nitrogens with zero attached hydrogens (tertiary/aromatic N) is 5. The lowest BCUT2D eigenvalue weighted by Crippen LogP contribution is -2.41. The van der Waals surface area contributed by atoms with Crippen molar-refractivity contribution >= 4 is 11.6 Å². The van der Waals surface area contributed by atoms with Crippen LogP contribution in [0.25, 0.3) is 0 Å². The maximum absolute atomic E-state index is 5.21. The van der Waals surface area contributed by atoms with Gasteiger partial charge in [-0.05, 0) is 31.0 Å². The van der Waals surface area contributed by atoms with E-state index in [1.807, 2.05) is 37.2 Å². The van der Waals surface area contributed by atoms with Gasteiger partial charge in [0.05, 0.1) is 7.11 Å². The lowest BCUT2D eigenvalue weighted by atomic mass is 10.0. The molecule has 7 nitrogen and oxygen atoms in total. The fourth-order valence-corrected chi connectivity index (χ4v) is 3.12. The average Bonchev–Trinajstić information content (AvgIpc) is 2.62. The molecule has 1 aliphatic rings. The zero-order valence-corrected chi connectivity index (χ0v) is 15.1.